The average molecular weight is 655 g/mol. The van der Waals surface area contributed by atoms with E-state index in [0.29, 0.717) is 29.4 Å². The van der Waals surface area contributed by atoms with Crippen LogP contribution in [-0.4, -0.2) is 69.5 Å². The van der Waals surface area contributed by atoms with Crippen LogP contribution in [0.2, 0.25) is 0 Å². The van der Waals surface area contributed by atoms with Crippen molar-refractivity contribution in [3.05, 3.63) is 83.4 Å². The SMILES string of the molecule is CN1N=C(c2ccc3c(c2)CCCN3/C(=N\c2ccc(NS(C)(=O)=O)cc2)c2ccc(NS(C)(=O)=O)cc2)C(C)(C)SC1=O. The summed E-state index contributed by atoms with van der Waals surface area (Å²) in [5.74, 6) is 0.657. The minimum atomic E-state index is -3.44. The number of anilines is 3. The molecule has 0 saturated heterocycles. The number of aliphatic imine (C=N–C) groups is 1. The lowest BCUT2D eigenvalue weighted by Gasteiger charge is -2.35. The Bertz CT molecular complexity index is 1870. The Kier molecular flexibility index (Phi) is 8.53. The predicted octanol–water partition coefficient (Wildman–Crippen LogP) is 5.24. The Balaban J connectivity index is 1.56. The van der Waals surface area contributed by atoms with Gasteiger partial charge in [0.1, 0.15) is 5.84 Å². The number of nitrogens with zero attached hydrogens (tertiary/aromatic N) is 4. The molecule has 3 aromatic rings. The molecule has 11 nitrogen and oxygen atoms in total. The zero-order valence-corrected chi connectivity index (χ0v) is 27.5. The van der Waals surface area contributed by atoms with Crippen LogP contribution in [0.3, 0.4) is 0 Å². The zero-order valence-electron chi connectivity index (χ0n) is 25.0. The number of rotatable bonds is 7. The van der Waals surface area contributed by atoms with Gasteiger partial charge in [0.25, 0.3) is 0 Å². The highest BCUT2D eigenvalue weighted by atomic mass is 32.2. The van der Waals surface area contributed by atoms with E-state index in [0.717, 1.165) is 53.4 Å². The van der Waals surface area contributed by atoms with Gasteiger partial charge in [-0.2, -0.15) is 5.10 Å². The third kappa shape index (κ3) is 7.42. The number of aryl methyl sites for hydroxylation is 1. The lowest BCUT2D eigenvalue weighted by molar-refractivity contribution is 0.234. The predicted molar refractivity (Wildman–Crippen MR) is 179 cm³/mol. The summed E-state index contributed by atoms with van der Waals surface area (Å²) in [5, 5.41) is 5.89. The van der Waals surface area contributed by atoms with Gasteiger partial charge in [-0.25, -0.2) is 26.8 Å². The van der Waals surface area contributed by atoms with Crippen LogP contribution in [0, 0.1) is 0 Å². The van der Waals surface area contributed by atoms with Crippen molar-refractivity contribution >= 4 is 71.3 Å². The number of carbonyl (C=O) groups excluding carboxylic acids is 1. The van der Waals surface area contributed by atoms with Crippen molar-refractivity contribution in [1.82, 2.24) is 5.01 Å². The fourth-order valence-electron chi connectivity index (χ4n) is 5.14. The van der Waals surface area contributed by atoms with E-state index in [4.69, 9.17) is 4.99 Å². The molecule has 0 aliphatic carbocycles. The Hall–Kier alpha value is -3.88. The van der Waals surface area contributed by atoms with Gasteiger partial charge < -0.3 is 4.90 Å². The molecule has 0 saturated carbocycles. The Morgan fingerprint density at radius 1 is 0.909 bits per heavy atom. The van der Waals surface area contributed by atoms with E-state index in [9.17, 15) is 21.6 Å². The molecule has 2 heterocycles. The molecule has 2 N–H and O–H groups in total. The smallest absolute Gasteiger partial charge is 0.302 e. The van der Waals surface area contributed by atoms with Gasteiger partial charge >= 0.3 is 5.24 Å². The molecule has 0 radical (unpaired) electrons. The lowest BCUT2D eigenvalue weighted by Crippen LogP contribution is -2.40. The van der Waals surface area contributed by atoms with Gasteiger partial charge in [0, 0.05) is 36.2 Å². The Labute approximate surface area is 262 Å². The Morgan fingerprint density at radius 3 is 2.09 bits per heavy atom. The van der Waals surface area contributed by atoms with Crippen LogP contribution in [0.1, 0.15) is 37.0 Å². The summed E-state index contributed by atoms with van der Waals surface area (Å²) >= 11 is 1.25. The number of benzene rings is 3. The first-order chi connectivity index (χ1) is 20.6. The minimum Gasteiger partial charge on any atom is -0.326 e. The van der Waals surface area contributed by atoms with Crippen molar-refractivity contribution in [2.24, 2.45) is 10.1 Å². The molecule has 0 spiro atoms. The number of sulfonamides is 2. The lowest BCUT2D eigenvalue weighted by atomic mass is 9.93. The van der Waals surface area contributed by atoms with Gasteiger partial charge in [-0.3, -0.25) is 14.2 Å². The van der Waals surface area contributed by atoms with E-state index < -0.39 is 24.8 Å². The molecule has 232 valence electrons. The normalized spacial score (nSPS) is 17.2. The van der Waals surface area contributed by atoms with E-state index in [1.807, 2.05) is 32.0 Å². The largest absolute Gasteiger partial charge is 0.326 e. The molecule has 0 bridgehead atoms. The number of carbonyl (C=O) groups is 1. The molecule has 1 amide bonds. The number of hydrogen-bond acceptors (Lipinski definition) is 8. The van der Waals surface area contributed by atoms with E-state index >= 15 is 0 Å². The molecule has 3 aromatic carbocycles. The number of nitrogens with one attached hydrogen (secondary N) is 2. The average Bonchev–Trinajstić information content (AvgIpc) is 2.93. The van der Waals surface area contributed by atoms with Crippen molar-refractivity contribution in [2.45, 2.75) is 31.4 Å². The second-order valence-electron chi connectivity index (χ2n) is 11.3. The van der Waals surface area contributed by atoms with Crippen LogP contribution in [-0.2, 0) is 26.5 Å². The monoisotopic (exact) mass is 654 g/mol. The van der Waals surface area contributed by atoms with Gasteiger partial charge in [-0.1, -0.05) is 17.8 Å². The summed E-state index contributed by atoms with van der Waals surface area (Å²) in [5.41, 5.74) is 6.14. The fourth-order valence-corrected chi connectivity index (χ4v) is 7.13. The fraction of sp³-hybridized carbons (Fsp3) is 0.300. The number of hydrogen-bond donors (Lipinski definition) is 2. The van der Waals surface area contributed by atoms with Gasteiger partial charge in [0.2, 0.25) is 20.0 Å². The van der Waals surface area contributed by atoms with E-state index in [1.165, 1.54) is 16.8 Å². The number of amides is 1. The number of amidine groups is 1. The molecule has 44 heavy (non-hydrogen) atoms. The van der Waals surface area contributed by atoms with Crippen molar-refractivity contribution in [3.8, 4) is 0 Å². The van der Waals surface area contributed by atoms with Crippen LogP contribution in [0.25, 0.3) is 0 Å². The third-order valence-corrected chi connectivity index (χ3v) is 9.36. The van der Waals surface area contributed by atoms with Gasteiger partial charge in [-0.15, -0.1) is 0 Å². The first kappa shape index (κ1) is 31.5. The van der Waals surface area contributed by atoms with Crippen molar-refractivity contribution in [3.63, 3.8) is 0 Å². The van der Waals surface area contributed by atoms with Crippen LogP contribution in [0.15, 0.2) is 76.8 Å². The van der Waals surface area contributed by atoms with E-state index in [2.05, 4.69) is 31.6 Å². The quantitative estimate of drug-likeness (QED) is 0.262. The molecular formula is C30H34N6O5S3. The topological polar surface area (TPSA) is 141 Å². The summed E-state index contributed by atoms with van der Waals surface area (Å²) in [6.07, 6.45) is 3.91. The second kappa shape index (κ2) is 11.9. The maximum absolute atomic E-state index is 12.3. The molecule has 0 fully saturated rings. The summed E-state index contributed by atoms with van der Waals surface area (Å²) in [4.78, 5) is 19.4. The third-order valence-electron chi connectivity index (χ3n) is 7.01. The standard InChI is InChI=1S/C30H34N6O5S3/c1-30(2)27(32-35(3)29(37)42-30)22-10-17-26-21(19-22)7-6-18-36(26)28(20-8-11-24(12-9-20)33-43(4,38)39)31-23-13-15-25(16-14-23)34-44(5,40)41/h8-17,19,33-34H,6-7,18H2,1-5H3/b31-28-. The van der Waals surface area contributed by atoms with Crippen molar-refractivity contribution < 1.29 is 21.6 Å². The van der Waals surface area contributed by atoms with Crippen LogP contribution < -0.4 is 14.3 Å². The van der Waals surface area contributed by atoms with Gasteiger partial charge in [-0.05, 0) is 98.5 Å². The molecule has 0 unspecified atom stereocenters. The molecule has 2 aliphatic rings. The van der Waals surface area contributed by atoms with Crippen LogP contribution in [0.4, 0.5) is 27.5 Å². The summed E-state index contributed by atoms with van der Waals surface area (Å²) in [7, 11) is -5.20. The molecule has 14 heteroatoms. The van der Waals surface area contributed by atoms with Crippen molar-refractivity contribution in [2.75, 3.05) is 40.4 Å². The number of fused-ring (bicyclic) bond motifs is 1. The molecule has 0 aromatic heterocycles. The molecule has 2 aliphatic heterocycles. The highest BCUT2D eigenvalue weighted by Crippen LogP contribution is 2.38. The second-order valence-corrected chi connectivity index (χ2v) is 16.3. The summed E-state index contributed by atoms with van der Waals surface area (Å²) < 4.78 is 51.3. The minimum absolute atomic E-state index is 0.0957. The van der Waals surface area contributed by atoms with E-state index in [-0.39, 0.29) is 5.24 Å². The molecular weight excluding hydrogens is 621 g/mol. The summed E-state index contributed by atoms with van der Waals surface area (Å²) in [6.45, 7) is 4.69. The molecule has 0 atom stereocenters. The maximum atomic E-state index is 12.3. The Morgan fingerprint density at radius 2 is 1.50 bits per heavy atom. The first-order valence-electron chi connectivity index (χ1n) is 13.8. The van der Waals surface area contributed by atoms with Crippen molar-refractivity contribution in [1.29, 1.82) is 0 Å². The van der Waals surface area contributed by atoms with Gasteiger partial charge in [0.05, 0.1) is 28.7 Å². The van der Waals surface area contributed by atoms with E-state index in [1.54, 1.807) is 43.4 Å². The number of hydrazone groups is 1. The molecule has 5 rings (SSSR count). The highest BCUT2D eigenvalue weighted by molar-refractivity contribution is 8.15. The maximum Gasteiger partial charge on any atom is 0.302 e. The highest BCUT2D eigenvalue weighted by Gasteiger charge is 2.37. The summed E-state index contributed by atoms with van der Waals surface area (Å²) in [6, 6.07) is 20.0. The van der Waals surface area contributed by atoms with Crippen LogP contribution in [0.5, 0.6) is 0 Å². The first-order valence-corrected chi connectivity index (χ1v) is 18.4. The zero-order chi connectivity index (χ0) is 31.9. The van der Waals surface area contributed by atoms with Crippen LogP contribution >= 0.6 is 11.8 Å². The van der Waals surface area contributed by atoms with Gasteiger partial charge in [0.15, 0.2) is 0 Å². The number of thioether (sulfide) groups is 1.